The van der Waals surface area contributed by atoms with E-state index in [1.54, 1.807) is 12.1 Å². The molecule has 98 valence electrons. The molecule has 0 bridgehead atoms. The van der Waals surface area contributed by atoms with E-state index in [9.17, 15) is 4.79 Å². The average molecular weight is 276 g/mol. The second-order valence-corrected chi connectivity index (χ2v) is 4.40. The number of hydrogen-bond acceptors (Lipinski definition) is 2. The smallest absolute Gasteiger partial charge is 0.414 e. The van der Waals surface area contributed by atoms with Gasteiger partial charge in [0.1, 0.15) is 0 Å². The minimum atomic E-state index is -0.433. The maximum Gasteiger partial charge on any atom is 0.414 e. The lowest BCUT2D eigenvalue weighted by Crippen LogP contribution is -2.30. The maximum atomic E-state index is 11.9. The molecule has 2 aromatic carbocycles. The molecule has 0 N–H and O–H groups in total. The molecule has 0 heterocycles. The molecule has 19 heavy (non-hydrogen) atoms. The Bertz CT molecular complexity index is 557. The average Bonchev–Trinajstić information content (AvgIpc) is 2.46. The van der Waals surface area contributed by atoms with E-state index in [2.05, 4.69) is 0 Å². The van der Waals surface area contributed by atoms with Gasteiger partial charge in [0.2, 0.25) is 0 Å². The van der Waals surface area contributed by atoms with Crippen molar-refractivity contribution in [3.8, 4) is 0 Å². The number of para-hydroxylation sites is 1. The third kappa shape index (κ3) is 3.26. The van der Waals surface area contributed by atoms with Crippen LogP contribution in [0.5, 0.6) is 0 Å². The van der Waals surface area contributed by atoms with Crippen LogP contribution in [-0.4, -0.2) is 13.2 Å². The van der Waals surface area contributed by atoms with E-state index in [0.29, 0.717) is 17.3 Å². The zero-order valence-electron chi connectivity index (χ0n) is 10.5. The highest BCUT2D eigenvalue weighted by Crippen LogP contribution is 2.27. The first-order valence-corrected chi connectivity index (χ1v) is 6.24. The molecule has 0 unspecified atom stereocenters. The molecule has 0 aliphatic carbocycles. The van der Waals surface area contributed by atoms with Gasteiger partial charge in [-0.3, -0.25) is 4.90 Å². The van der Waals surface area contributed by atoms with Crippen molar-refractivity contribution in [3.05, 3.63) is 65.2 Å². The number of halogens is 1. The summed E-state index contributed by atoms with van der Waals surface area (Å²) in [5.74, 6) is 0. The highest BCUT2D eigenvalue weighted by Gasteiger charge is 2.18. The summed E-state index contributed by atoms with van der Waals surface area (Å²) in [5.41, 5.74) is 1.65. The second kappa shape index (κ2) is 6.25. The van der Waals surface area contributed by atoms with Gasteiger partial charge in [0.25, 0.3) is 0 Å². The van der Waals surface area contributed by atoms with Crippen LogP contribution in [0.1, 0.15) is 5.56 Å². The van der Waals surface area contributed by atoms with Gasteiger partial charge in [-0.1, -0.05) is 54.1 Å². The number of hydrogen-bond donors (Lipinski definition) is 0. The Labute approximate surface area is 117 Å². The largest absolute Gasteiger partial charge is 0.452 e. The molecule has 0 aliphatic rings. The summed E-state index contributed by atoms with van der Waals surface area (Å²) in [5, 5.41) is 0.517. The van der Waals surface area contributed by atoms with Gasteiger partial charge in [-0.25, -0.2) is 4.79 Å². The van der Waals surface area contributed by atoms with Crippen molar-refractivity contribution >= 4 is 23.4 Å². The van der Waals surface area contributed by atoms with Gasteiger partial charge in [-0.2, -0.15) is 0 Å². The fraction of sp³-hybridized carbons (Fsp3) is 0.133. The highest BCUT2D eigenvalue weighted by molar-refractivity contribution is 6.33. The van der Waals surface area contributed by atoms with Crippen LogP contribution in [0.15, 0.2) is 54.6 Å². The highest BCUT2D eigenvalue weighted by atomic mass is 35.5. The lowest BCUT2D eigenvalue weighted by Gasteiger charge is -2.22. The van der Waals surface area contributed by atoms with E-state index in [4.69, 9.17) is 16.3 Å². The molecule has 0 saturated carbocycles. The van der Waals surface area contributed by atoms with Crippen molar-refractivity contribution in [3.63, 3.8) is 0 Å². The molecule has 2 aromatic rings. The summed E-state index contributed by atoms with van der Waals surface area (Å²) < 4.78 is 4.82. The number of benzene rings is 2. The van der Waals surface area contributed by atoms with Crippen molar-refractivity contribution in [2.24, 2.45) is 0 Å². The van der Waals surface area contributed by atoms with Gasteiger partial charge >= 0.3 is 6.09 Å². The van der Waals surface area contributed by atoms with Crippen LogP contribution in [0.3, 0.4) is 0 Å². The zero-order chi connectivity index (χ0) is 13.7. The molecule has 0 fully saturated rings. The molecule has 2 rings (SSSR count). The quantitative estimate of drug-likeness (QED) is 0.843. The number of carbonyl (C=O) groups excluding carboxylic acids is 1. The number of amides is 1. The standard InChI is InChI=1S/C15H14ClNO2/c1-19-15(18)17(11-12-7-3-2-4-8-12)14-10-6-5-9-13(14)16/h2-10H,11H2,1H3. The molecule has 0 spiro atoms. The Kier molecular flexibility index (Phi) is 4.42. The maximum absolute atomic E-state index is 11.9. The summed E-state index contributed by atoms with van der Waals surface area (Å²) in [6.45, 7) is 0.414. The summed E-state index contributed by atoms with van der Waals surface area (Å²) >= 11 is 6.14. The number of rotatable bonds is 3. The molecule has 0 saturated heterocycles. The number of anilines is 1. The van der Waals surface area contributed by atoms with Crippen molar-refractivity contribution in [2.45, 2.75) is 6.54 Å². The zero-order valence-corrected chi connectivity index (χ0v) is 11.3. The molecule has 1 amide bonds. The van der Waals surface area contributed by atoms with Gasteiger partial charge < -0.3 is 4.74 Å². The molecular weight excluding hydrogens is 262 g/mol. The summed E-state index contributed by atoms with van der Waals surface area (Å²) in [6.07, 6.45) is -0.433. The molecule has 0 radical (unpaired) electrons. The minimum absolute atomic E-state index is 0.414. The number of methoxy groups -OCH3 is 1. The van der Waals surface area contributed by atoms with Crippen LogP contribution >= 0.6 is 11.6 Å². The first-order chi connectivity index (χ1) is 9.22. The fourth-order valence-corrected chi connectivity index (χ4v) is 2.03. The first kappa shape index (κ1) is 13.4. The van der Waals surface area contributed by atoms with Gasteiger partial charge in [-0.05, 0) is 17.7 Å². The third-order valence-corrected chi connectivity index (χ3v) is 3.04. The van der Waals surface area contributed by atoms with E-state index in [0.717, 1.165) is 5.56 Å². The molecule has 0 aliphatic heterocycles. The third-order valence-electron chi connectivity index (χ3n) is 2.72. The molecule has 0 atom stereocenters. The minimum Gasteiger partial charge on any atom is -0.452 e. The van der Waals surface area contributed by atoms with Crippen LogP contribution in [0.4, 0.5) is 10.5 Å². The first-order valence-electron chi connectivity index (χ1n) is 5.86. The van der Waals surface area contributed by atoms with Crippen molar-refractivity contribution in [2.75, 3.05) is 12.0 Å². The van der Waals surface area contributed by atoms with Crippen LogP contribution in [0, 0.1) is 0 Å². The van der Waals surface area contributed by atoms with Gasteiger partial charge in [0, 0.05) is 0 Å². The number of ether oxygens (including phenoxy) is 1. The van der Waals surface area contributed by atoms with E-state index in [1.165, 1.54) is 12.0 Å². The fourth-order valence-electron chi connectivity index (χ4n) is 1.79. The molecule has 3 nitrogen and oxygen atoms in total. The Balaban J connectivity index is 2.32. The lowest BCUT2D eigenvalue weighted by molar-refractivity contribution is 0.178. The van der Waals surface area contributed by atoms with Crippen molar-refractivity contribution < 1.29 is 9.53 Å². The predicted octanol–water partition coefficient (Wildman–Crippen LogP) is 4.11. The van der Waals surface area contributed by atoms with Crippen LogP contribution in [0.25, 0.3) is 0 Å². The van der Waals surface area contributed by atoms with Crippen LogP contribution in [0.2, 0.25) is 5.02 Å². The second-order valence-electron chi connectivity index (χ2n) is 3.99. The Morgan fingerprint density at radius 3 is 2.37 bits per heavy atom. The Hall–Kier alpha value is -2.00. The normalized spacial score (nSPS) is 10.0. The summed E-state index contributed by atoms with van der Waals surface area (Å²) in [7, 11) is 1.36. The Morgan fingerprint density at radius 2 is 1.74 bits per heavy atom. The predicted molar refractivity (Wildman–Crippen MR) is 76.5 cm³/mol. The van der Waals surface area contributed by atoms with Gasteiger partial charge in [0.05, 0.1) is 24.4 Å². The topological polar surface area (TPSA) is 29.5 Å². The van der Waals surface area contributed by atoms with E-state index in [1.807, 2.05) is 42.5 Å². The van der Waals surface area contributed by atoms with E-state index in [-0.39, 0.29) is 0 Å². The summed E-state index contributed by atoms with van der Waals surface area (Å²) in [6, 6.07) is 16.9. The number of nitrogens with zero attached hydrogens (tertiary/aromatic N) is 1. The number of carbonyl (C=O) groups is 1. The van der Waals surface area contributed by atoms with Crippen LogP contribution in [-0.2, 0) is 11.3 Å². The Morgan fingerprint density at radius 1 is 1.11 bits per heavy atom. The van der Waals surface area contributed by atoms with Crippen molar-refractivity contribution in [1.82, 2.24) is 0 Å². The monoisotopic (exact) mass is 275 g/mol. The van der Waals surface area contributed by atoms with Gasteiger partial charge in [-0.15, -0.1) is 0 Å². The van der Waals surface area contributed by atoms with E-state index >= 15 is 0 Å². The van der Waals surface area contributed by atoms with Crippen molar-refractivity contribution in [1.29, 1.82) is 0 Å². The SMILES string of the molecule is COC(=O)N(Cc1ccccc1)c1ccccc1Cl. The van der Waals surface area contributed by atoms with Gasteiger partial charge in [0.15, 0.2) is 0 Å². The molecule has 4 heteroatoms. The van der Waals surface area contributed by atoms with Crippen LogP contribution < -0.4 is 4.90 Å². The van der Waals surface area contributed by atoms with E-state index < -0.39 is 6.09 Å². The lowest BCUT2D eigenvalue weighted by atomic mass is 10.2. The molecule has 0 aromatic heterocycles. The summed E-state index contributed by atoms with van der Waals surface area (Å²) in [4.78, 5) is 13.4. The molecular formula is C15H14ClNO2.